The van der Waals surface area contributed by atoms with Gasteiger partial charge in [0.25, 0.3) is 5.91 Å². The molecule has 0 radical (unpaired) electrons. The van der Waals surface area contributed by atoms with Crippen molar-refractivity contribution in [2.45, 2.75) is 11.8 Å². The number of carbonyl (C=O) groups is 2. The van der Waals surface area contributed by atoms with E-state index in [4.69, 9.17) is 9.47 Å². The molecule has 1 amide bonds. The van der Waals surface area contributed by atoms with Crippen molar-refractivity contribution in [3.05, 3.63) is 53.6 Å². The van der Waals surface area contributed by atoms with E-state index in [1.54, 1.807) is 11.8 Å². The van der Waals surface area contributed by atoms with Gasteiger partial charge in [-0.1, -0.05) is 17.7 Å². The maximum atomic E-state index is 12.0. The van der Waals surface area contributed by atoms with Gasteiger partial charge >= 0.3 is 5.97 Å². The van der Waals surface area contributed by atoms with Gasteiger partial charge in [-0.2, -0.15) is 0 Å². The minimum atomic E-state index is -0.786. The molecule has 0 aliphatic heterocycles. The Kier molecular flexibility index (Phi) is 7.35. The molecule has 0 unspecified atom stereocenters. The van der Waals surface area contributed by atoms with E-state index in [0.717, 1.165) is 4.90 Å². The van der Waals surface area contributed by atoms with Crippen LogP contribution < -0.4 is 10.1 Å². The van der Waals surface area contributed by atoms with Gasteiger partial charge in [0.05, 0.1) is 7.11 Å². The minimum Gasteiger partial charge on any atom is -0.507 e. The van der Waals surface area contributed by atoms with Crippen LogP contribution in [0.3, 0.4) is 0 Å². The Morgan fingerprint density at radius 3 is 2.58 bits per heavy atom. The fourth-order valence-corrected chi connectivity index (χ4v) is 2.83. The number of ether oxygens (including phenoxy) is 2. The summed E-state index contributed by atoms with van der Waals surface area (Å²) in [6, 6.07) is 12.3. The smallest absolute Gasteiger partial charge is 0.342 e. The zero-order chi connectivity index (χ0) is 18.9. The van der Waals surface area contributed by atoms with Gasteiger partial charge in [0, 0.05) is 17.2 Å². The summed E-state index contributed by atoms with van der Waals surface area (Å²) in [5, 5.41) is 12.4. The van der Waals surface area contributed by atoms with Crippen LogP contribution in [0.5, 0.6) is 11.5 Å². The van der Waals surface area contributed by atoms with Crippen LogP contribution in [0, 0.1) is 6.92 Å². The van der Waals surface area contributed by atoms with Crippen molar-refractivity contribution in [1.82, 2.24) is 5.32 Å². The van der Waals surface area contributed by atoms with E-state index in [1.807, 2.05) is 31.2 Å². The Morgan fingerprint density at radius 2 is 1.88 bits per heavy atom. The summed E-state index contributed by atoms with van der Waals surface area (Å²) in [4.78, 5) is 24.8. The number of rotatable bonds is 8. The van der Waals surface area contributed by atoms with E-state index in [-0.39, 0.29) is 11.3 Å². The van der Waals surface area contributed by atoms with Crippen molar-refractivity contribution in [3.63, 3.8) is 0 Å². The zero-order valence-electron chi connectivity index (χ0n) is 14.7. The predicted octanol–water partition coefficient (Wildman–Crippen LogP) is 2.77. The highest BCUT2D eigenvalue weighted by Gasteiger charge is 2.15. The molecule has 0 fully saturated rings. The minimum absolute atomic E-state index is 0.0490. The van der Waals surface area contributed by atoms with E-state index in [0.29, 0.717) is 18.0 Å². The topological polar surface area (TPSA) is 84.9 Å². The van der Waals surface area contributed by atoms with Crippen molar-refractivity contribution in [3.8, 4) is 11.5 Å². The number of aromatic hydroxyl groups is 1. The molecule has 138 valence electrons. The van der Waals surface area contributed by atoms with Crippen molar-refractivity contribution >= 4 is 23.6 Å². The van der Waals surface area contributed by atoms with Gasteiger partial charge < -0.3 is 19.9 Å². The van der Waals surface area contributed by atoms with Crippen LogP contribution in [-0.2, 0) is 9.53 Å². The molecule has 2 aromatic carbocycles. The molecule has 6 nitrogen and oxygen atoms in total. The summed E-state index contributed by atoms with van der Waals surface area (Å²) in [6.07, 6.45) is 0. The summed E-state index contributed by atoms with van der Waals surface area (Å²) >= 11 is 1.63. The number of thioether (sulfide) groups is 1. The number of benzene rings is 2. The maximum Gasteiger partial charge on any atom is 0.342 e. The lowest BCUT2D eigenvalue weighted by Crippen LogP contribution is -2.30. The monoisotopic (exact) mass is 375 g/mol. The second-order valence-corrected chi connectivity index (χ2v) is 6.64. The first-order valence-corrected chi connectivity index (χ1v) is 8.98. The van der Waals surface area contributed by atoms with Crippen LogP contribution in [0.4, 0.5) is 0 Å². The van der Waals surface area contributed by atoms with Crippen LogP contribution in [0.25, 0.3) is 0 Å². The molecule has 0 aliphatic carbocycles. The fraction of sp³-hybridized carbons (Fsp3) is 0.263. The second kappa shape index (κ2) is 9.72. The molecule has 0 aromatic heterocycles. The number of phenolic OH excluding ortho intramolecular Hbond substituents is 1. The Balaban J connectivity index is 1.71. The Hall–Kier alpha value is -2.67. The average Bonchev–Trinajstić information content (AvgIpc) is 2.65. The standard InChI is InChI=1S/C19H21NO5S/c1-13-3-6-15(7-4-13)26-10-9-20-18(22)12-25-19(23)16-11-14(24-2)5-8-17(16)21/h3-8,11,21H,9-10,12H2,1-2H3,(H,20,22). The van der Waals surface area contributed by atoms with Gasteiger partial charge in [-0.15, -0.1) is 11.8 Å². The lowest BCUT2D eigenvalue weighted by atomic mass is 10.2. The van der Waals surface area contributed by atoms with Gasteiger partial charge in [-0.25, -0.2) is 4.79 Å². The van der Waals surface area contributed by atoms with Crippen LogP contribution in [0.1, 0.15) is 15.9 Å². The normalized spacial score (nSPS) is 10.2. The van der Waals surface area contributed by atoms with Crippen LogP contribution >= 0.6 is 11.8 Å². The van der Waals surface area contributed by atoms with E-state index in [1.165, 1.54) is 30.9 Å². The quantitative estimate of drug-likeness (QED) is 0.419. The van der Waals surface area contributed by atoms with E-state index in [9.17, 15) is 14.7 Å². The molecular weight excluding hydrogens is 354 g/mol. The number of carbonyl (C=O) groups excluding carboxylic acids is 2. The van der Waals surface area contributed by atoms with Gasteiger partial charge in [-0.3, -0.25) is 4.79 Å². The number of esters is 1. The highest BCUT2D eigenvalue weighted by Crippen LogP contribution is 2.23. The highest BCUT2D eigenvalue weighted by molar-refractivity contribution is 7.99. The van der Waals surface area contributed by atoms with Crippen molar-refractivity contribution in [1.29, 1.82) is 0 Å². The number of nitrogens with one attached hydrogen (secondary N) is 1. The third kappa shape index (κ3) is 6.00. The van der Waals surface area contributed by atoms with Crippen LogP contribution in [0.15, 0.2) is 47.4 Å². The van der Waals surface area contributed by atoms with Crippen molar-refractivity contribution in [2.24, 2.45) is 0 Å². The molecule has 0 aliphatic rings. The third-order valence-corrected chi connectivity index (χ3v) is 4.49. The molecular formula is C19H21NO5S. The summed E-state index contributed by atoms with van der Waals surface area (Å²) < 4.78 is 9.92. The first-order valence-electron chi connectivity index (χ1n) is 8.00. The molecule has 2 N–H and O–H groups in total. The van der Waals surface area contributed by atoms with Gasteiger partial charge in [0.1, 0.15) is 17.1 Å². The maximum absolute atomic E-state index is 12.0. The predicted molar refractivity (Wildman–Crippen MR) is 99.9 cm³/mol. The molecule has 0 bridgehead atoms. The first kappa shape index (κ1) is 19.7. The number of phenols is 1. The van der Waals surface area contributed by atoms with Crippen LogP contribution in [0.2, 0.25) is 0 Å². The third-order valence-electron chi connectivity index (χ3n) is 3.47. The lowest BCUT2D eigenvalue weighted by Gasteiger charge is -2.08. The Morgan fingerprint density at radius 1 is 1.15 bits per heavy atom. The fourth-order valence-electron chi connectivity index (χ4n) is 2.06. The number of methoxy groups -OCH3 is 1. The summed E-state index contributed by atoms with van der Waals surface area (Å²) in [6.45, 7) is 2.07. The van der Waals surface area contributed by atoms with E-state index in [2.05, 4.69) is 5.32 Å². The highest BCUT2D eigenvalue weighted by atomic mass is 32.2. The van der Waals surface area contributed by atoms with Gasteiger partial charge in [-0.05, 0) is 37.3 Å². The van der Waals surface area contributed by atoms with E-state index >= 15 is 0 Å². The molecule has 0 saturated carbocycles. The molecule has 7 heteroatoms. The SMILES string of the molecule is COc1ccc(O)c(C(=O)OCC(=O)NCCSc2ccc(C)cc2)c1. The lowest BCUT2D eigenvalue weighted by molar-refractivity contribution is -0.124. The van der Waals surface area contributed by atoms with Crippen LogP contribution in [-0.4, -0.2) is 43.0 Å². The number of hydrogen-bond acceptors (Lipinski definition) is 6. The Labute approximate surface area is 156 Å². The Bertz CT molecular complexity index is 761. The number of amides is 1. The molecule has 26 heavy (non-hydrogen) atoms. The van der Waals surface area contributed by atoms with Gasteiger partial charge in [0.2, 0.25) is 0 Å². The average molecular weight is 375 g/mol. The zero-order valence-corrected chi connectivity index (χ0v) is 15.5. The summed E-state index contributed by atoms with van der Waals surface area (Å²) in [7, 11) is 1.45. The first-order chi connectivity index (χ1) is 12.5. The molecule has 0 saturated heterocycles. The number of hydrogen-bond donors (Lipinski definition) is 2. The largest absolute Gasteiger partial charge is 0.507 e. The van der Waals surface area contributed by atoms with Crippen molar-refractivity contribution in [2.75, 3.05) is 26.0 Å². The summed E-state index contributed by atoms with van der Waals surface area (Å²) in [5.74, 6) is -0.298. The molecule has 0 spiro atoms. The molecule has 0 atom stereocenters. The molecule has 2 rings (SSSR count). The molecule has 0 heterocycles. The number of aryl methyl sites for hydroxylation is 1. The molecule has 2 aromatic rings. The van der Waals surface area contributed by atoms with Crippen molar-refractivity contribution < 1.29 is 24.2 Å². The van der Waals surface area contributed by atoms with Gasteiger partial charge in [0.15, 0.2) is 6.61 Å². The second-order valence-electron chi connectivity index (χ2n) is 5.47. The summed E-state index contributed by atoms with van der Waals surface area (Å²) in [5.41, 5.74) is 1.15. The van der Waals surface area contributed by atoms with E-state index < -0.39 is 18.5 Å².